The van der Waals surface area contributed by atoms with E-state index >= 15 is 0 Å². The largest absolute Gasteiger partial charge is 0.466 e. The molecule has 0 aliphatic rings. The Balaban J connectivity index is 2.54. The second kappa shape index (κ2) is 8.35. The van der Waals surface area contributed by atoms with E-state index in [1.807, 2.05) is 30.3 Å². The van der Waals surface area contributed by atoms with Crippen LogP contribution in [0.2, 0.25) is 0 Å². The molecule has 20 heavy (non-hydrogen) atoms. The van der Waals surface area contributed by atoms with Crippen molar-refractivity contribution < 1.29 is 14.3 Å². The zero-order chi connectivity index (χ0) is 15.0. The Morgan fingerprint density at radius 3 is 2.35 bits per heavy atom. The first-order valence-corrected chi connectivity index (χ1v) is 7.04. The van der Waals surface area contributed by atoms with Crippen LogP contribution in [0.15, 0.2) is 30.3 Å². The van der Waals surface area contributed by atoms with Crippen LogP contribution in [0, 0.1) is 5.92 Å². The first-order chi connectivity index (χ1) is 9.54. The molecule has 0 bridgehead atoms. The molecule has 1 amide bonds. The third-order valence-electron chi connectivity index (χ3n) is 3.00. The van der Waals surface area contributed by atoms with Gasteiger partial charge in [0.1, 0.15) is 0 Å². The number of hydrogen-bond acceptors (Lipinski definition) is 3. The number of benzene rings is 1. The number of hydrogen-bond donors (Lipinski definition) is 1. The summed E-state index contributed by atoms with van der Waals surface area (Å²) < 4.78 is 4.81. The fourth-order valence-electron chi connectivity index (χ4n) is 1.99. The van der Waals surface area contributed by atoms with Crippen LogP contribution in [0.25, 0.3) is 0 Å². The molecule has 0 aromatic heterocycles. The second-order valence-electron chi connectivity index (χ2n) is 5.00. The maximum Gasteiger partial charge on any atom is 0.306 e. The van der Waals surface area contributed by atoms with Gasteiger partial charge in [-0.15, -0.1) is 0 Å². The number of carbonyl (C=O) groups is 2. The number of ether oxygens (including phenoxy) is 1. The van der Waals surface area contributed by atoms with Crippen LogP contribution in [-0.4, -0.2) is 18.5 Å². The Morgan fingerprint density at radius 1 is 1.15 bits per heavy atom. The smallest absolute Gasteiger partial charge is 0.306 e. The number of rotatable bonds is 7. The molecule has 4 heteroatoms. The molecule has 1 rings (SSSR count). The van der Waals surface area contributed by atoms with E-state index in [1.165, 1.54) is 0 Å². The van der Waals surface area contributed by atoms with Crippen LogP contribution in [-0.2, 0) is 14.3 Å². The average Bonchev–Trinajstić information content (AvgIpc) is 2.43. The lowest BCUT2D eigenvalue weighted by atomic mass is 9.96. The summed E-state index contributed by atoms with van der Waals surface area (Å²) in [6, 6.07) is 9.81. The van der Waals surface area contributed by atoms with Crippen LogP contribution < -0.4 is 5.32 Å². The molecule has 0 saturated heterocycles. The number of carbonyl (C=O) groups excluding carboxylic acids is 2. The molecule has 1 aromatic carbocycles. The molecule has 1 unspecified atom stereocenters. The van der Waals surface area contributed by atoms with Gasteiger partial charge >= 0.3 is 5.97 Å². The van der Waals surface area contributed by atoms with E-state index in [9.17, 15) is 9.59 Å². The van der Waals surface area contributed by atoms with Crippen molar-refractivity contribution in [1.29, 1.82) is 0 Å². The Hall–Kier alpha value is -1.84. The second-order valence-corrected chi connectivity index (χ2v) is 5.00. The van der Waals surface area contributed by atoms with E-state index in [0.717, 1.165) is 5.56 Å². The monoisotopic (exact) mass is 277 g/mol. The molecule has 0 aliphatic carbocycles. The summed E-state index contributed by atoms with van der Waals surface area (Å²) in [5.74, 6) is -0.173. The summed E-state index contributed by atoms with van der Waals surface area (Å²) in [6.07, 6.45) is 0.286. The molecule has 1 aromatic rings. The van der Waals surface area contributed by atoms with Crippen molar-refractivity contribution in [3.8, 4) is 0 Å². The highest BCUT2D eigenvalue weighted by atomic mass is 16.5. The van der Waals surface area contributed by atoms with Gasteiger partial charge in [0.2, 0.25) is 5.91 Å². The number of amides is 1. The van der Waals surface area contributed by atoms with Crippen molar-refractivity contribution in [3.05, 3.63) is 35.9 Å². The van der Waals surface area contributed by atoms with Crippen molar-refractivity contribution in [1.82, 2.24) is 5.32 Å². The van der Waals surface area contributed by atoms with Crippen molar-refractivity contribution in [2.45, 2.75) is 39.7 Å². The van der Waals surface area contributed by atoms with Crippen LogP contribution in [0.1, 0.15) is 45.2 Å². The highest BCUT2D eigenvalue weighted by Gasteiger charge is 2.18. The molecule has 0 spiro atoms. The molecule has 1 N–H and O–H groups in total. The lowest BCUT2D eigenvalue weighted by Crippen LogP contribution is -2.32. The van der Waals surface area contributed by atoms with Gasteiger partial charge in [-0.1, -0.05) is 44.2 Å². The Bertz CT molecular complexity index is 429. The van der Waals surface area contributed by atoms with Gasteiger partial charge in [-0.2, -0.15) is 0 Å². The topological polar surface area (TPSA) is 55.4 Å². The predicted molar refractivity (Wildman–Crippen MR) is 78.0 cm³/mol. The van der Waals surface area contributed by atoms with Gasteiger partial charge in [0, 0.05) is 6.42 Å². The highest BCUT2D eigenvalue weighted by molar-refractivity contribution is 5.81. The molecule has 0 heterocycles. The maximum absolute atomic E-state index is 11.9. The first kappa shape index (κ1) is 16.2. The molecule has 4 nitrogen and oxygen atoms in total. The minimum atomic E-state index is -0.330. The number of esters is 1. The fraction of sp³-hybridized carbons (Fsp3) is 0.500. The molecule has 0 saturated carbocycles. The molecular formula is C16H23NO3. The van der Waals surface area contributed by atoms with E-state index in [-0.39, 0.29) is 36.7 Å². The van der Waals surface area contributed by atoms with E-state index in [2.05, 4.69) is 19.2 Å². The minimum Gasteiger partial charge on any atom is -0.466 e. The van der Waals surface area contributed by atoms with E-state index in [4.69, 9.17) is 4.74 Å². The standard InChI is InChI=1S/C16H23NO3/c1-4-20-15(19)11-10-14(18)17-16(12(2)3)13-8-6-5-7-9-13/h5-9,12,16H,4,10-11H2,1-3H3,(H,17,18). The third-order valence-corrected chi connectivity index (χ3v) is 3.00. The molecule has 0 radical (unpaired) electrons. The Morgan fingerprint density at radius 2 is 1.80 bits per heavy atom. The quantitative estimate of drug-likeness (QED) is 0.780. The predicted octanol–water partition coefficient (Wildman–Crippen LogP) is 2.84. The van der Waals surface area contributed by atoms with Crippen LogP contribution >= 0.6 is 0 Å². The van der Waals surface area contributed by atoms with Crippen molar-refractivity contribution in [2.24, 2.45) is 5.92 Å². The Labute approximate surface area is 120 Å². The lowest BCUT2D eigenvalue weighted by molar-refractivity contribution is -0.144. The third kappa shape index (κ3) is 5.43. The zero-order valence-corrected chi connectivity index (χ0v) is 12.4. The molecule has 1 atom stereocenters. The van der Waals surface area contributed by atoms with Gasteiger partial charge in [0.25, 0.3) is 0 Å². The molecule has 0 fully saturated rings. The summed E-state index contributed by atoms with van der Waals surface area (Å²) in [4.78, 5) is 23.2. The van der Waals surface area contributed by atoms with E-state index < -0.39 is 0 Å². The Kier molecular flexibility index (Phi) is 6.77. The van der Waals surface area contributed by atoms with Gasteiger partial charge in [0.05, 0.1) is 19.1 Å². The SMILES string of the molecule is CCOC(=O)CCC(=O)NC(c1ccccc1)C(C)C. The van der Waals surface area contributed by atoms with Crippen LogP contribution in [0.3, 0.4) is 0 Å². The maximum atomic E-state index is 11.9. The fourth-order valence-corrected chi connectivity index (χ4v) is 1.99. The summed E-state index contributed by atoms with van der Waals surface area (Å²) in [7, 11) is 0. The zero-order valence-electron chi connectivity index (χ0n) is 12.4. The summed E-state index contributed by atoms with van der Waals surface area (Å²) >= 11 is 0. The van der Waals surface area contributed by atoms with Crippen LogP contribution in [0.5, 0.6) is 0 Å². The summed E-state index contributed by atoms with van der Waals surface area (Å²) in [5.41, 5.74) is 1.08. The molecular weight excluding hydrogens is 254 g/mol. The van der Waals surface area contributed by atoms with Gasteiger partial charge in [-0.05, 0) is 18.4 Å². The van der Waals surface area contributed by atoms with E-state index in [0.29, 0.717) is 6.61 Å². The first-order valence-electron chi connectivity index (χ1n) is 7.04. The lowest BCUT2D eigenvalue weighted by Gasteiger charge is -2.22. The van der Waals surface area contributed by atoms with Crippen molar-refractivity contribution >= 4 is 11.9 Å². The normalized spacial score (nSPS) is 12.0. The van der Waals surface area contributed by atoms with Gasteiger partial charge in [-0.25, -0.2) is 0 Å². The summed E-state index contributed by atoms with van der Waals surface area (Å²) in [5, 5.41) is 2.98. The van der Waals surface area contributed by atoms with Crippen molar-refractivity contribution in [2.75, 3.05) is 6.61 Å². The van der Waals surface area contributed by atoms with Crippen LogP contribution in [0.4, 0.5) is 0 Å². The highest BCUT2D eigenvalue weighted by Crippen LogP contribution is 2.21. The minimum absolute atomic E-state index is 0.0362. The van der Waals surface area contributed by atoms with E-state index in [1.54, 1.807) is 6.92 Å². The average molecular weight is 277 g/mol. The summed E-state index contributed by atoms with van der Waals surface area (Å²) in [6.45, 7) is 6.22. The van der Waals surface area contributed by atoms with Crippen molar-refractivity contribution in [3.63, 3.8) is 0 Å². The van der Waals surface area contributed by atoms with Gasteiger partial charge in [0.15, 0.2) is 0 Å². The molecule has 0 aliphatic heterocycles. The van der Waals surface area contributed by atoms with Gasteiger partial charge in [-0.3, -0.25) is 9.59 Å². The number of nitrogens with one attached hydrogen (secondary N) is 1. The molecule has 110 valence electrons. The van der Waals surface area contributed by atoms with Gasteiger partial charge < -0.3 is 10.1 Å².